The molecule has 2 aromatic rings. The molecule has 1 aliphatic rings. The molecular formula is C15H16OS2. The Balaban J connectivity index is 1.65. The van der Waals surface area contributed by atoms with Crippen LogP contribution in [0.3, 0.4) is 0 Å². The van der Waals surface area contributed by atoms with Crippen LogP contribution in [0.5, 0.6) is 0 Å². The number of aliphatic hydroxyl groups excluding tert-OH is 1. The molecule has 2 atom stereocenters. The highest BCUT2D eigenvalue weighted by Gasteiger charge is 2.28. The van der Waals surface area contributed by atoms with Gasteiger partial charge in [0.2, 0.25) is 0 Å². The van der Waals surface area contributed by atoms with Crippen LogP contribution in [-0.4, -0.2) is 17.0 Å². The van der Waals surface area contributed by atoms with E-state index in [2.05, 4.69) is 41.8 Å². The van der Waals surface area contributed by atoms with Gasteiger partial charge in [0.15, 0.2) is 0 Å². The fourth-order valence-corrected chi connectivity index (χ4v) is 4.50. The van der Waals surface area contributed by atoms with E-state index in [0.717, 1.165) is 18.6 Å². The zero-order valence-corrected chi connectivity index (χ0v) is 11.7. The Hall–Kier alpha value is -0.770. The summed E-state index contributed by atoms with van der Waals surface area (Å²) in [5.74, 6) is 1.33. The number of hydrogen-bond donors (Lipinski definition) is 1. The second-order valence-electron chi connectivity index (χ2n) is 4.64. The Morgan fingerprint density at radius 2 is 2.11 bits per heavy atom. The average molecular weight is 276 g/mol. The maximum absolute atomic E-state index is 10.4. The Morgan fingerprint density at radius 1 is 1.22 bits per heavy atom. The van der Waals surface area contributed by atoms with E-state index < -0.39 is 0 Å². The third-order valence-electron chi connectivity index (χ3n) is 3.47. The molecule has 1 aliphatic heterocycles. The number of thioether (sulfide) groups is 1. The summed E-state index contributed by atoms with van der Waals surface area (Å²) in [6, 6.07) is 12.7. The monoisotopic (exact) mass is 276 g/mol. The maximum Gasteiger partial charge on any atom is 0.0620 e. The standard InChI is InChI=1S/C15H16OS2/c16-14(8-7-11-4-3-9-17-11)13-10-18-15-6-2-1-5-12(13)15/h1-6,9,13-14,16H,7-8,10H2. The van der Waals surface area contributed by atoms with Crippen molar-refractivity contribution < 1.29 is 5.11 Å². The van der Waals surface area contributed by atoms with Crippen molar-refractivity contribution in [1.82, 2.24) is 0 Å². The van der Waals surface area contributed by atoms with Crippen LogP contribution in [0.25, 0.3) is 0 Å². The molecule has 0 amide bonds. The van der Waals surface area contributed by atoms with Crippen molar-refractivity contribution in [3.63, 3.8) is 0 Å². The minimum absolute atomic E-state index is 0.219. The third-order valence-corrected chi connectivity index (χ3v) is 5.61. The smallest absolute Gasteiger partial charge is 0.0620 e. The van der Waals surface area contributed by atoms with Gasteiger partial charge in [0, 0.05) is 21.4 Å². The number of aliphatic hydroxyl groups is 1. The van der Waals surface area contributed by atoms with Gasteiger partial charge in [0.05, 0.1) is 6.10 Å². The fraction of sp³-hybridized carbons (Fsp3) is 0.333. The largest absolute Gasteiger partial charge is 0.392 e. The molecule has 0 saturated heterocycles. The molecule has 2 heterocycles. The molecule has 18 heavy (non-hydrogen) atoms. The normalized spacial score (nSPS) is 19.7. The molecule has 0 aliphatic carbocycles. The first-order valence-electron chi connectivity index (χ1n) is 6.27. The van der Waals surface area contributed by atoms with Gasteiger partial charge < -0.3 is 5.11 Å². The maximum atomic E-state index is 10.4. The molecule has 2 unspecified atom stereocenters. The number of thiophene rings is 1. The van der Waals surface area contributed by atoms with E-state index in [9.17, 15) is 5.11 Å². The highest BCUT2D eigenvalue weighted by Crippen LogP contribution is 2.41. The van der Waals surface area contributed by atoms with E-state index >= 15 is 0 Å². The van der Waals surface area contributed by atoms with Crippen molar-refractivity contribution in [3.05, 3.63) is 52.2 Å². The molecule has 0 saturated carbocycles. The van der Waals surface area contributed by atoms with Gasteiger partial charge in [-0.05, 0) is 35.9 Å². The first-order valence-corrected chi connectivity index (χ1v) is 8.13. The van der Waals surface area contributed by atoms with Crippen molar-refractivity contribution in [1.29, 1.82) is 0 Å². The van der Waals surface area contributed by atoms with E-state index in [1.165, 1.54) is 15.3 Å². The molecule has 3 rings (SSSR count). The first-order chi connectivity index (χ1) is 8.84. The van der Waals surface area contributed by atoms with E-state index in [0.29, 0.717) is 5.92 Å². The summed E-state index contributed by atoms with van der Waals surface area (Å²) in [7, 11) is 0. The summed E-state index contributed by atoms with van der Waals surface area (Å²) in [6.45, 7) is 0. The summed E-state index contributed by atoms with van der Waals surface area (Å²) in [5.41, 5.74) is 1.33. The Labute approximate surface area is 116 Å². The van der Waals surface area contributed by atoms with Crippen LogP contribution in [0.1, 0.15) is 22.8 Å². The number of benzene rings is 1. The van der Waals surface area contributed by atoms with Crippen LogP contribution in [0.15, 0.2) is 46.7 Å². The van der Waals surface area contributed by atoms with Crippen molar-refractivity contribution in [2.24, 2.45) is 0 Å². The third kappa shape index (κ3) is 2.48. The first kappa shape index (κ1) is 12.3. The van der Waals surface area contributed by atoms with E-state index in [1.807, 2.05) is 11.8 Å². The quantitative estimate of drug-likeness (QED) is 0.913. The average Bonchev–Trinajstić information content (AvgIpc) is 3.05. The van der Waals surface area contributed by atoms with Crippen LogP contribution >= 0.6 is 23.1 Å². The molecular weight excluding hydrogens is 260 g/mol. The summed E-state index contributed by atoms with van der Waals surface area (Å²) < 4.78 is 0. The molecule has 1 N–H and O–H groups in total. The van der Waals surface area contributed by atoms with Gasteiger partial charge >= 0.3 is 0 Å². The van der Waals surface area contributed by atoms with Gasteiger partial charge in [-0.25, -0.2) is 0 Å². The zero-order chi connectivity index (χ0) is 12.4. The zero-order valence-electron chi connectivity index (χ0n) is 10.1. The Morgan fingerprint density at radius 3 is 2.94 bits per heavy atom. The van der Waals surface area contributed by atoms with Gasteiger partial charge in [-0.3, -0.25) is 0 Å². The van der Waals surface area contributed by atoms with Gasteiger partial charge in [-0.1, -0.05) is 24.3 Å². The summed E-state index contributed by atoms with van der Waals surface area (Å²) in [4.78, 5) is 2.71. The summed E-state index contributed by atoms with van der Waals surface area (Å²) in [6.07, 6.45) is 1.63. The highest BCUT2D eigenvalue weighted by molar-refractivity contribution is 7.99. The second-order valence-corrected chi connectivity index (χ2v) is 6.73. The topological polar surface area (TPSA) is 20.2 Å². The molecule has 1 aromatic heterocycles. The minimum Gasteiger partial charge on any atom is -0.392 e. The Kier molecular flexibility index (Phi) is 3.73. The number of rotatable bonds is 4. The highest BCUT2D eigenvalue weighted by atomic mass is 32.2. The van der Waals surface area contributed by atoms with Crippen LogP contribution in [0.2, 0.25) is 0 Å². The molecule has 0 radical (unpaired) electrons. The number of aryl methyl sites for hydroxylation is 1. The van der Waals surface area contributed by atoms with Crippen molar-refractivity contribution in [3.8, 4) is 0 Å². The lowest BCUT2D eigenvalue weighted by Crippen LogP contribution is -2.19. The Bertz CT molecular complexity index is 507. The van der Waals surface area contributed by atoms with Crippen LogP contribution < -0.4 is 0 Å². The van der Waals surface area contributed by atoms with Crippen LogP contribution in [-0.2, 0) is 6.42 Å². The van der Waals surface area contributed by atoms with Crippen LogP contribution in [0, 0.1) is 0 Å². The summed E-state index contributed by atoms with van der Waals surface area (Å²) >= 11 is 3.65. The molecule has 0 bridgehead atoms. The van der Waals surface area contributed by atoms with Gasteiger partial charge in [-0.15, -0.1) is 23.1 Å². The predicted octanol–water partition coefficient (Wildman–Crippen LogP) is 3.93. The van der Waals surface area contributed by atoms with E-state index in [1.54, 1.807) is 11.3 Å². The second kappa shape index (κ2) is 5.47. The minimum atomic E-state index is -0.219. The van der Waals surface area contributed by atoms with E-state index in [-0.39, 0.29) is 6.10 Å². The SMILES string of the molecule is OC(CCc1cccs1)C1CSc2ccccc21. The fourth-order valence-electron chi connectivity index (χ4n) is 2.45. The lowest BCUT2D eigenvalue weighted by Gasteiger charge is -2.18. The molecule has 1 nitrogen and oxygen atoms in total. The lowest BCUT2D eigenvalue weighted by atomic mass is 9.92. The predicted molar refractivity (Wildman–Crippen MR) is 78.6 cm³/mol. The molecule has 0 fully saturated rings. The number of hydrogen-bond acceptors (Lipinski definition) is 3. The van der Waals surface area contributed by atoms with Crippen molar-refractivity contribution in [2.75, 3.05) is 5.75 Å². The van der Waals surface area contributed by atoms with Crippen molar-refractivity contribution in [2.45, 2.75) is 29.8 Å². The lowest BCUT2D eigenvalue weighted by molar-refractivity contribution is 0.142. The van der Waals surface area contributed by atoms with Crippen molar-refractivity contribution >= 4 is 23.1 Å². The molecule has 0 spiro atoms. The summed E-state index contributed by atoms with van der Waals surface area (Å²) in [5, 5.41) is 12.5. The number of fused-ring (bicyclic) bond motifs is 1. The molecule has 3 heteroatoms. The van der Waals surface area contributed by atoms with E-state index in [4.69, 9.17) is 0 Å². The van der Waals surface area contributed by atoms with Crippen LogP contribution in [0.4, 0.5) is 0 Å². The molecule has 94 valence electrons. The van der Waals surface area contributed by atoms with Gasteiger partial charge in [0.1, 0.15) is 0 Å². The van der Waals surface area contributed by atoms with Gasteiger partial charge in [-0.2, -0.15) is 0 Å². The molecule has 1 aromatic carbocycles. The van der Waals surface area contributed by atoms with Gasteiger partial charge in [0.25, 0.3) is 0 Å².